The Bertz CT molecular complexity index is 628. The Labute approximate surface area is 133 Å². The van der Waals surface area contributed by atoms with E-state index in [4.69, 9.17) is 28.6 Å². The largest absolute Gasteiger partial charge is 0.458 e. The van der Waals surface area contributed by atoms with Crippen LogP contribution in [-0.4, -0.2) is 17.7 Å². The number of carbonyl (C=O) groups excluding carboxylic acids is 1. The second-order valence-corrected chi connectivity index (χ2v) is 5.29. The molecule has 0 saturated heterocycles. The molecule has 1 aliphatic heterocycles. The van der Waals surface area contributed by atoms with E-state index in [1.165, 1.54) is 6.08 Å². The molecule has 0 spiro atoms. The third-order valence-corrected chi connectivity index (χ3v) is 3.60. The molecule has 0 aromatic heterocycles. The highest BCUT2D eigenvalue weighted by Crippen LogP contribution is 2.31. The topological polar surface area (TPSA) is 50.4 Å². The van der Waals surface area contributed by atoms with Gasteiger partial charge in [0, 0.05) is 10.7 Å². The number of halogens is 1. The monoisotopic (exact) mass is 322 g/mol. The van der Waals surface area contributed by atoms with Crippen LogP contribution in [0.15, 0.2) is 48.2 Å². The number of allylic oxidation sites excluding steroid dienone is 1. The number of thiocarbonyl (C=S) groups is 1. The van der Waals surface area contributed by atoms with E-state index in [1.54, 1.807) is 13.0 Å². The Balaban J connectivity index is 2.43. The predicted octanol–water partition coefficient (Wildman–Crippen LogP) is 2.86. The van der Waals surface area contributed by atoms with Crippen LogP contribution in [0.1, 0.15) is 18.5 Å². The van der Waals surface area contributed by atoms with Crippen LogP contribution < -0.4 is 10.6 Å². The summed E-state index contributed by atoms with van der Waals surface area (Å²) in [5.41, 5.74) is 1.88. The van der Waals surface area contributed by atoms with Gasteiger partial charge in [-0.25, -0.2) is 4.79 Å². The normalized spacial score (nSPS) is 17.8. The average Bonchev–Trinajstić information content (AvgIpc) is 2.44. The van der Waals surface area contributed by atoms with Crippen molar-refractivity contribution in [2.75, 3.05) is 6.61 Å². The molecule has 0 amide bonds. The predicted molar refractivity (Wildman–Crippen MR) is 86.9 cm³/mol. The molecule has 110 valence electrons. The molecule has 4 nitrogen and oxygen atoms in total. The summed E-state index contributed by atoms with van der Waals surface area (Å²) >= 11 is 11.4. The Morgan fingerprint density at radius 1 is 1.52 bits per heavy atom. The zero-order valence-corrected chi connectivity index (χ0v) is 13.1. The van der Waals surface area contributed by atoms with Crippen molar-refractivity contribution in [3.63, 3.8) is 0 Å². The lowest BCUT2D eigenvalue weighted by molar-refractivity contribution is -0.138. The molecule has 6 heteroatoms. The van der Waals surface area contributed by atoms with Gasteiger partial charge in [0.05, 0.1) is 11.6 Å². The first-order valence-corrected chi connectivity index (χ1v) is 7.14. The van der Waals surface area contributed by atoms with Crippen LogP contribution in [0.2, 0.25) is 5.02 Å². The van der Waals surface area contributed by atoms with E-state index < -0.39 is 12.0 Å². The smallest absolute Gasteiger partial charge is 0.338 e. The van der Waals surface area contributed by atoms with Crippen molar-refractivity contribution in [1.82, 2.24) is 10.6 Å². The fraction of sp³-hybridized carbons (Fsp3) is 0.200. The second-order valence-electron chi connectivity index (χ2n) is 4.48. The minimum absolute atomic E-state index is 0.148. The highest BCUT2D eigenvalue weighted by atomic mass is 35.5. The average molecular weight is 323 g/mol. The van der Waals surface area contributed by atoms with Crippen molar-refractivity contribution in [2.45, 2.75) is 13.0 Å². The first-order chi connectivity index (χ1) is 10.0. The van der Waals surface area contributed by atoms with Crippen LogP contribution in [0.25, 0.3) is 0 Å². The van der Waals surface area contributed by atoms with Gasteiger partial charge < -0.3 is 15.4 Å². The molecule has 0 aliphatic carbocycles. The van der Waals surface area contributed by atoms with Crippen LogP contribution in [0.5, 0.6) is 0 Å². The molecule has 1 atom stereocenters. The third kappa shape index (κ3) is 3.43. The lowest BCUT2D eigenvalue weighted by Crippen LogP contribution is -2.45. The van der Waals surface area contributed by atoms with E-state index in [0.29, 0.717) is 21.4 Å². The van der Waals surface area contributed by atoms with Gasteiger partial charge in [0.2, 0.25) is 0 Å². The maximum Gasteiger partial charge on any atom is 0.338 e. The van der Waals surface area contributed by atoms with Crippen molar-refractivity contribution in [2.24, 2.45) is 0 Å². The number of nitrogens with one attached hydrogen (secondary N) is 2. The lowest BCUT2D eigenvalue weighted by Gasteiger charge is -2.30. The maximum absolute atomic E-state index is 12.3. The SMILES string of the molecule is C=CCOC(=O)C1=C(C)NC(=S)NC1c1ccccc1Cl. The minimum Gasteiger partial charge on any atom is -0.458 e. The molecule has 1 aliphatic rings. The van der Waals surface area contributed by atoms with Crippen LogP contribution >= 0.6 is 23.8 Å². The summed E-state index contributed by atoms with van der Waals surface area (Å²) in [6.07, 6.45) is 1.52. The van der Waals surface area contributed by atoms with E-state index in [0.717, 1.165) is 5.56 Å². The highest BCUT2D eigenvalue weighted by Gasteiger charge is 2.31. The second kappa shape index (κ2) is 6.74. The quantitative estimate of drug-likeness (QED) is 0.507. The van der Waals surface area contributed by atoms with E-state index in [9.17, 15) is 4.79 Å². The number of benzene rings is 1. The Hall–Kier alpha value is -1.85. The molecule has 0 bridgehead atoms. The van der Waals surface area contributed by atoms with Crippen LogP contribution in [0.3, 0.4) is 0 Å². The zero-order valence-electron chi connectivity index (χ0n) is 11.5. The summed E-state index contributed by atoms with van der Waals surface area (Å²) in [5.74, 6) is -0.431. The molecule has 0 saturated carbocycles. The van der Waals surface area contributed by atoms with E-state index in [2.05, 4.69) is 17.2 Å². The van der Waals surface area contributed by atoms with Gasteiger partial charge in [-0.2, -0.15) is 0 Å². The molecular formula is C15H15ClN2O2S. The summed E-state index contributed by atoms with van der Waals surface area (Å²) in [5, 5.41) is 7.00. The number of carbonyl (C=O) groups is 1. The first-order valence-electron chi connectivity index (χ1n) is 6.35. The van der Waals surface area contributed by atoms with Gasteiger partial charge in [-0.05, 0) is 30.8 Å². The number of rotatable bonds is 4. The molecule has 1 unspecified atom stereocenters. The minimum atomic E-state index is -0.440. The van der Waals surface area contributed by atoms with E-state index in [1.807, 2.05) is 18.2 Å². The fourth-order valence-electron chi connectivity index (χ4n) is 2.12. The van der Waals surface area contributed by atoms with Gasteiger partial charge in [-0.3, -0.25) is 0 Å². The van der Waals surface area contributed by atoms with E-state index >= 15 is 0 Å². The van der Waals surface area contributed by atoms with Gasteiger partial charge in [0.15, 0.2) is 5.11 Å². The van der Waals surface area contributed by atoms with Gasteiger partial charge in [0.25, 0.3) is 0 Å². The number of ether oxygens (including phenoxy) is 1. The molecular weight excluding hydrogens is 308 g/mol. The van der Waals surface area contributed by atoms with Gasteiger partial charge >= 0.3 is 5.97 Å². The Morgan fingerprint density at radius 3 is 2.90 bits per heavy atom. The van der Waals surface area contributed by atoms with Crippen molar-refractivity contribution in [3.8, 4) is 0 Å². The molecule has 0 radical (unpaired) electrons. The third-order valence-electron chi connectivity index (χ3n) is 3.04. The van der Waals surface area contributed by atoms with Crippen LogP contribution in [-0.2, 0) is 9.53 Å². The summed E-state index contributed by atoms with van der Waals surface area (Å²) in [6.45, 7) is 5.46. The summed E-state index contributed by atoms with van der Waals surface area (Å²) in [7, 11) is 0. The molecule has 2 rings (SSSR count). The fourth-order valence-corrected chi connectivity index (χ4v) is 2.64. The Kier molecular flexibility index (Phi) is 4.98. The number of esters is 1. The molecule has 21 heavy (non-hydrogen) atoms. The van der Waals surface area contributed by atoms with Crippen molar-refractivity contribution < 1.29 is 9.53 Å². The maximum atomic E-state index is 12.3. The summed E-state index contributed by atoms with van der Waals surface area (Å²) < 4.78 is 5.15. The van der Waals surface area contributed by atoms with Crippen LogP contribution in [0, 0.1) is 0 Å². The lowest BCUT2D eigenvalue weighted by atomic mass is 9.95. The molecule has 1 aromatic carbocycles. The summed E-state index contributed by atoms with van der Waals surface area (Å²) in [4.78, 5) is 12.3. The van der Waals surface area contributed by atoms with Crippen molar-refractivity contribution >= 4 is 34.9 Å². The van der Waals surface area contributed by atoms with Gasteiger partial charge in [0.1, 0.15) is 6.61 Å². The van der Waals surface area contributed by atoms with Gasteiger partial charge in [-0.1, -0.05) is 42.5 Å². The van der Waals surface area contributed by atoms with Gasteiger partial charge in [-0.15, -0.1) is 0 Å². The Morgan fingerprint density at radius 2 is 2.24 bits per heavy atom. The van der Waals surface area contributed by atoms with Crippen molar-refractivity contribution in [1.29, 1.82) is 0 Å². The van der Waals surface area contributed by atoms with Crippen molar-refractivity contribution in [3.05, 3.63) is 58.8 Å². The molecule has 1 aromatic rings. The van der Waals surface area contributed by atoms with E-state index in [-0.39, 0.29) is 6.61 Å². The highest BCUT2D eigenvalue weighted by molar-refractivity contribution is 7.80. The molecule has 0 fully saturated rings. The zero-order chi connectivity index (χ0) is 15.4. The standard InChI is InChI=1S/C15H15ClN2O2S/c1-3-8-20-14(19)12-9(2)17-15(21)18-13(12)10-6-4-5-7-11(10)16/h3-7,13H,1,8H2,2H3,(H2,17,18,21). The molecule has 2 N–H and O–H groups in total. The van der Waals surface area contributed by atoms with Crippen LogP contribution in [0.4, 0.5) is 0 Å². The molecule has 1 heterocycles. The summed E-state index contributed by atoms with van der Waals surface area (Å²) in [6, 6.07) is 6.87. The number of hydrogen-bond donors (Lipinski definition) is 2. The number of hydrogen-bond acceptors (Lipinski definition) is 3. The first kappa shape index (κ1) is 15.5.